The maximum absolute atomic E-state index is 11.5. The van der Waals surface area contributed by atoms with Crippen LogP contribution in [0.2, 0.25) is 0 Å². The third-order valence-corrected chi connectivity index (χ3v) is 4.53. The average Bonchev–Trinajstić information content (AvgIpc) is 2.17. The Balaban J connectivity index is 2.40. The van der Waals surface area contributed by atoms with Crippen molar-refractivity contribution < 1.29 is 18.3 Å². The maximum Gasteiger partial charge on any atom is 0.306 e. The molecule has 94 valence electrons. The lowest BCUT2D eigenvalue weighted by Gasteiger charge is -2.26. The van der Waals surface area contributed by atoms with E-state index in [0.717, 1.165) is 0 Å². The molecule has 1 aliphatic carbocycles. The fourth-order valence-corrected chi connectivity index (χ4v) is 3.44. The minimum atomic E-state index is -3.17. The minimum absolute atomic E-state index is 0.0767. The second-order valence-electron chi connectivity index (χ2n) is 4.32. The first-order valence-electron chi connectivity index (χ1n) is 5.67. The third kappa shape index (κ3) is 4.09. The number of nitrogens with one attached hydrogen (secondary N) is 1. The summed E-state index contributed by atoms with van der Waals surface area (Å²) in [4.78, 5) is 10.7. The van der Waals surface area contributed by atoms with E-state index in [1.165, 1.54) is 0 Å². The number of aliphatic carboxylic acids is 1. The molecule has 0 atom stereocenters. The monoisotopic (exact) mass is 249 g/mol. The Morgan fingerprint density at radius 1 is 1.31 bits per heavy atom. The molecular weight excluding hydrogens is 230 g/mol. The van der Waals surface area contributed by atoms with E-state index >= 15 is 0 Å². The molecule has 2 N–H and O–H groups in total. The largest absolute Gasteiger partial charge is 0.481 e. The van der Waals surface area contributed by atoms with Crippen molar-refractivity contribution >= 4 is 16.0 Å². The van der Waals surface area contributed by atoms with Gasteiger partial charge in [-0.25, -0.2) is 13.1 Å². The molecule has 1 rings (SSSR count). The highest BCUT2D eigenvalue weighted by molar-refractivity contribution is 7.89. The SMILES string of the molecule is CCCS(=O)(=O)NC1CCC(C(=O)O)CC1. The van der Waals surface area contributed by atoms with Crippen molar-refractivity contribution in [2.45, 2.75) is 45.1 Å². The summed E-state index contributed by atoms with van der Waals surface area (Å²) in [6.07, 6.45) is 2.98. The van der Waals surface area contributed by atoms with Crippen LogP contribution in [0.25, 0.3) is 0 Å². The topological polar surface area (TPSA) is 83.5 Å². The van der Waals surface area contributed by atoms with Crippen LogP contribution in [-0.4, -0.2) is 31.3 Å². The molecule has 1 fully saturated rings. The molecule has 1 aliphatic rings. The fraction of sp³-hybridized carbons (Fsp3) is 0.900. The van der Waals surface area contributed by atoms with Gasteiger partial charge in [-0.05, 0) is 32.1 Å². The molecule has 0 aromatic heterocycles. The van der Waals surface area contributed by atoms with Crippen molar-refractivity contribution in [1.29, 1.82) is 0 Å². The van der Waals surface area contributed by atoms with E-state index in [1.54, 1.807) is 0 Å². The summed E-state index contributed by atoms with van der Waals surface area (Å²) in [6, 6.07) is -0.0767. The Bertz CT molecular complexity index is 331. The van der Waals surface area contributed by atoms with Gasteiger partial charge in [0.2, 0.25) is 10.0 Å². The number of carbonyl (C=O) groups is 1. The number of hydrogen-bond acceptors (Lipinski definition) is 3. The zero-order valence-corrected chi connectivity index (χ0v) is 10.3. The first-order valence-corrected chi connectivity index (χ1v) is 7.32. The van der Waals surface area contributed by atoms with Crippen LogP contribution in [0.3, 0.4) is 0 Å². The van der Waals surface area contributed by atoms with E-state index in [-0.39, 0.29) is 17.7 Å². The van der Waals surface area contributed by atoms with Crippen LogP contribution >= 0.6 is 0 Å². The van der Waals surface area contributed by atoms with Gasteiger partial charge in [-0.2, -0.15) is 0 Å². The highest BCUT2D eigenvalue weighted by Gasteiger charge is 2.27. The van der Waals surface area contributed by atoms with Gasteiger partial charge >= 0.3 is 5.97 Å². The quantitative estimate of drug-likeness (QED) is 0.760. The van der Waals surface area contributed by atoms with Gasteiger partial charge < -0.3 is 5.11 Å². The Hall–Kier alpha value is -0.620. The Kier molecular flexibility index (Phi) is 4.73. The highest BCUT2D eigenvalue weighted by Crippen LogP contribution is 2.24. The lowest BCUT2D eigenvalue weighted by atomic mass is 9.87. The molecule has 0 bridgehead atoms. The third-order valence-electron chi connectivity index (χ3n) is 2.90. The zero-order chi connectivity index (χ0) is 12.2. The molecule has 1 saturated carbocycles. The van der Waals surface area contributed by atoms with Crippen molar-refractivity contribution in [3.05, 3.63) is 0 Å². The molecule has 0 heterocycles. The van der Waals surface area contributed by atoms with Gasteiger partial charge in [-0.3, -0.25) is 4.79 Å². The Labute approximate surface area is 96.3 Å². The van der Waals surface area contributed by atoms with Crippen LogP contribution in [0.5, 0.6) is 0 Å². The second-order valence-corrected chi connectivity index (χ2v) is 6.20. The standard InChI is InChI=1S/C10H19NO4S/c1-2-7-16(14,15)11-9-5-3-8(4-6-9)10(12)13/h8-9,11H,2-7H2,1H3,(H,12,13). The molecule has 5 nitrogen and oxygen atoms in total. The van der Waals surface area contributed by atoms with Crippen molar-refractivity contribution in [2.24, 2.45) is 5.92 Å². The van der Waals surface area contributed by atoms with Crippen molar-refractivity contribution in [1.82, 2.24) is 4.72 Å². The van der Waals surface area contributed by atoms with Crippen LogP contribution in [-0.2, 0) is 14.8 Å². The summed E-state index contributed by atoms with van der Waals surface area (Å²) in [5.74, 6) is -0.923. The lowest BCUT2D eigenvalue weighted by molar-refractivity contribution is -0.142. The second kappa shape index (κ2) is 5.63. The molecule has 0 saturated heterocycles. The van der Waals surface area contributed by atoms with Crippen LogP contribution < -0.4 is 4.72 Å². The molecule has 0 aliphatic heterocycles. The van der Waals surface area contributed by atoms with Gasteiger partial charge in [-0.15, -0.1) is 0 Å². The van der Waals surface area contributed by atoms with E-state index in [2.05, 4.69) is 4.72 Å². The van der Waals surface area contributed by atoms with Crippen LogP contribution in [0.15, 0.2) is 0 Å². The molecule has 16 heavy (non-hydrogen) atoms. The number of sulfonamides is 1. The van der Waals surface area contributed by atoms with E-state index < -0.39 is 16.0 Å². The molecule has 0 unspecified atom stereocenters. The van der Waals surface area contributed by atoms with Crippen LogP contribution in [0.4, 0.5) is 0 Å². The maximum atomic E-state index is 11.5. The summed E-state index contributed by atoms with van der Waals surface area (Å²) < 4.78 is 25.6. The van der Waals surface area contributed by atoms with Gasteiger partial charge in [0.1, 0.15) is 0 Å². The summed E-state index contributed by atoms with van der Waals surface area (Å²) in [5.41, 5.74) is 0. The molecule has 0 spiro atoms. The zero-order valence-electron chi connectivity index (χ0n) is 9.48. The average molecular weight is 249 g/mol. The summed E-state index contributed by atoms with van der Waals surface area (Å²) in [6.45, 7) is 1.82. The van der Waals surface area contributed by atoms with Gasteiger partial charge in [0.15, 0.2) is 0 Å². The molecule has 0 aromatic rings. The predicted octanol–water partition coefficient (Wildman–Crippen LogP) is 0.959. The van der Waals surface area contributed by atoms with Gasteiger partial charge in [0, 0.05) is 6.04 Å². The first kappa shape index (κ1) is 13.4. The normalized spacial score (nSPS) is 26.6. The highest BCUT2D eigenvalue weighted by atomic mass is 32.2. The number of carboxylic acid groups (broad SMARTS) is 1. The van der Waals surface area contributed by atoms with Gasteiger partial charge in [0.05, 0.1) is 11.7 Å². The molecule has 0 radical (unpaired) electrons. The minimum Gasteiger partial charge on any atom is -0.481 e. The van der Waals surface area contributed by atoms with E-state index in [4.69, 9.17) is 5.11 Å². The molecule has 0 aromatic carbocycles. The van der Waals surface area contributed by atoms with Crippen molar-refractivity contribution in [2.75, 3.05) is 5.75 Å². The van der Waals surface area contributed by atoms with Gasteiger partial charge in [0.25, 0.3) is 0 Å². The van der Waals surface area contributed by atoms with E-state index in [0.29, 0.717) is 32.1 Å². The summed E-state index contributed by atoms with van der Waals surface area (Å²) in [5, 5.41) is 8.80. The Morgan fingerprint density at radius 2 is 1.88 bits per heavy atom. The Morgan fingerprint density at radius 3 is 2.31 bits per heavy atom. The van der Waals surface area contributed by atoms with E-state index in [1.807, 2.05) is 6.92 Å². The summed E-state index contributed by atoms with van der Waals surface area (Å²) >= 11 is 0. The van der Waals surface area contributed by atoms with Crippen molar-refractivity contribution in [3.63, 3.8) is 0 Å². The van der Waals surface area contributed by atoms with E-state index in [9.17, 15) is 13.2 Å². The first-order chi connectivity index (χ1) is 7.44. The van der Waals surface area contributed by atoms with Gasteiger partial charge in [-0.1, -0.05) is 6.92 Å². The van der Waals surface area contributed by atoms with Crippen LogP contribution in [0.1, 0.15) is 39.0 Å². The lowest BCUT2D eigenvalue weighted by Crippen LogP contribution is -2.39. The van der Waals surface area contributed by atoms with Crippen molar-refractivity contribution in [3.8, 4) is 0 Å². The fourth-order valence-electron chi connectivity index (χ4n) is 2.04. The number of hydrogen-bond donors (Lipinski definition) is 2. The summed E-state index contributed by atoms with van der Waals surface area (Å²) in [7, 11) is -3.17. The molecule has 0 amide bonds. The number of rotatable bonds is 5. The number of carboxylic acids is 1. The molecular formula is C10H19NO4S. The predicted molar refractivity (Wildman–Crippen MR) is 60.6 cm³/mol. The van der Waals surface area contributed by atoms with Crippen LogP contribution in [0, 0.1) is 5.92 Å². The smallest absolute Gasteiger partial charge is 0.306 e. The molecule has 6 heteroatoms.